The molecule has 0 saturated heterocycles. The third-order valence-corrected chi connectivity index (χ3v) is 6.14. The van der Waals surface area contributed by atoms with Gasteiger partial charge in [0.05, 0.1) is 13.2 Å². The van der Waals surface area contributed by atoms with Gasteiger partial charge in [0.25, 0.3) is 5.91 Å². The molecule has 7 nitrogen and oxygen atoms in total. The molecule has 1 N–H and O–H groups in total. The number of rotatable bonds is 10. The molecule has 2 aromatic rings. The molecule has 2 atom stereocenters. The summed E-state index contributed by atoms with van der Waals surface area (Å²) in [6.07, 6.45) is 2.87. The summed E-state index contributed by atoms with van der Waals surface area (Å²) in [4.78, 5) is 40.3. The van der Waals surface area contributed by atoms with Crippen LogP contribution >= 0.6 is 0 Å². The van der Waals surface area contributed by atoms with E-state index in [4.69, 9.17) is 9.47 Å². The Bertz CT molecular complexity index is 992. The predicted octanol–water partition coefficient (Wildman–Crippen LogP) is 3.89. The summed E-state index contributed by atoms with van der Waals surface area (Å²) >= 11 is 0. The van der Waals surface area contributed by atoms with Crippen LogP contribution in [0.4, 0.5) is 0 Å². The van der Waals surface area contributed by atoms with Gasteiger partial charge >= 0.3 is 5.97 Å². The number of ether oxygens (including phenoxy) is 2. The molecule has 7 heteroatoms. The van der Waals surface area contributed by atoms with Crippen LogP contribution in [0, 0.1) is 0 Å². The van der Waals surface area contributed by atoms with Gasteiger partial charge in [-0.3, -0.25) is 9.59 Å². The van der Waals surface area contributed by atoms with E-state index in [2.05, 4.69) is 5.32 Å². The molecular formula is C27H34N2O5. The fourth-order valence-corrected chi connectivity index (χ4v) is 4.08. The van der Waals surface area contributed by atoms with Crippen molar-refractivity contribution in [3.63, 3.8) is 0 Å². The third-order valence-electron chi connectivity index (χ3n) is 6.14. The highest BCUT2D eigenvalue weighted by atomic mass is 16.5. The average Bonchev–Trinajstić information content (AvgIpc) is 2.88. The summed E-state index contributed by atoms with van der Waals surface area (Å²) in [5, 5.41) is 2.72. The molecule has 2 amide bonds. The van der Waals surface area contributed by atoms with Crippen LogP contribution in [0.15, 0.2) is 48.5 Å². The van der Waals surface area contributed by atoms with Crippen LogP contribution < -0.4 is 10.1 Å². The first kappa shape index (κ1) is 25.3. The second kappa shape index (κ2) is 12.2. The van der Waals surface area contributed by atoms with Crippen molar-refractivity contribution in [3.8, 4) is 5.75 Å². The molecule has 2 aromatic carbocycles. The van der Waals surface area contributed by atoms with E-state index in [1.807, 2.05) is 57.2 Å². The van der Waals surface area contributed by atoms with Gasteiger partial charge in [-0.2, -0.15) is 0 Å². The van der Waals surface area contributed by atoms with Crippen molar-refractivity contribution in [1.29, 1.82) is 0 Å². The van der Waals surface area contributed by atoms with Gasteiger partial charge in [0.2, 0.25) is 5.91 Å². The number of hydrogen-bond donors (Lipinski definition) is 1. The molecule has 0 bridgehead atoms. The van der Waals surface area contributed by atoms with E-state index in [0.29, 0.717) is 25.0 Å². The molecule has 0 aliphatic carbocycles. The maximum Gasteiger partial charge on any atom is 0.329 e. The zero-order valence-corrected chi connectivity index (χ0v) is 20.2. The van der Waals surface area contributed by atoms with Crippen molar-refractivity contribution < 1.29 is 23.9 Å². The lowest BCUT2D eigenvalue weighted by molar-refractivity contribution is -0.158. The van der Waals surface area contributed by atoms with Crippen LogP contribution in [0.25, 0.3) is 0 Å². The number of benzene rings is 2. The van der Waals surface area contributed by atoms with Crippen LogP contribution in [0.1, 0.15) is 61.5 Å². The van der Waals surface area contributed by atoms with E-state index in [9.17, 15) is 14.4 Å². The van der Waals surface area contributed by atoms with Gasteiger partial charge < -0.3 is 19.7 Å². The van der Waals surface area contributed by atoms with Crippen LogP contribution in [-0.4, -0.2) is 47.9 Å². The predicted molar refractivity (Wildman–Crippen MR) is 130 cm³/mol. The van der Waals surface area contributed by atoms with Crippen molar-refractivity contribution in [2.45, 2.75) is 65.1 Å². The Morgan fingerprint density at radius 2 is 1.85 bits per heavy atom. The summed E-state index contributed by atoms with van der Waals surface area (Å²) in [5.41, 5.74) is 2.37. The van der Waals surface area contributed by atoms with E-state index in [1.165, 1.54) is 0 Å². The molecule has 182 valence electrons. The van der Waals surface area contributed by atoms with Crippen molar-refractivity contribution in [1.82, 2.24) is 10.2 Å². The first-order valence-corrected chi connectivity index (χ1v) is 12.0. The van der Waals surface area contributed by atoms with E-state index in [0.717, 1.165) is 29.7 Å². The fourth-order valence-electron chi connectivity index (χ4n) is 4.08. The first-order valence-electron chi connectivity index (χ1n) is 12.0. The highest BCUT2D eigenvalue weighted by molar-refractivity contribution is 5.97. The second-order valence-corrected chi connectivity index (χ2v) is 8.53. The van der Waals surface area contributed by atoms with E-state index in [-0.39, 0.29) is 31.0 Å². The lowest BCUT2D eigenvalue weighted by atomic mass is 10.0. The zero-order chi connectivity index (χ0) is 24.5. The topological polar surface area (TPSA) is 84.9 Å². The van der Waals surface area contributed by atoms with Gasteiger partial charge in [-0.05, 0) is 61.9 Å². The Morgan fingerprint density at radius 3 is 2.56 bits per heavy atom. The second-order valence-electron chi connectivity index (χ2n) is 8.53. The Labute approximate surface area is 201 Å². The zero-order valence-electron chi connectivity index (χ0n) is 20.2. The first-order chi connectivity index (χ1) is 16.4. The number of nitrogens with one attached hydrogen (secondary N) is 1. The van der Waals surface area contributed by atoms with Gasteiger partial charge in [-0.25, -0.2) is 4.79 Å². The number of carbonyl (C=O) groups is 3. The molecule has 0 radical (unpaired) electrons. The minimum atomic E-state index is -0.719. The van der Waals surface area contributed by atoms with Crippen LogP contribution in [0.3, 0.4) is 0 Å². The summed E-state index contributed by atoms with van der Waals surface area (Å²) in [7, 11) is 0. The SMILES string of the molecule is CCC(C)N(C(=O)CNC(=O)c1ccc2c(c1)CCCO2)C(CC)C(=O)OCc1ccccc1. The number of nitrogens with zero attached hydrogens (tertiary/aromatic N) is 1. The Morgan fingerprint density at radius 1 is 1.09 bits per heavy atom. The van der Waals surface area contributed by atoms with Crippen LogP contribution in [0.5, 0.6) is 5.75 Å². The highest BCUT2D eigenvalue weighted by Crippen LogP contribution is 2.25. The standard InChI is InChI=1S/C27H34N2O5/c1-4-19(3)29(23(5-2)27(32)34-18-20-10-7-6-8-11-20)25(30)17-28-26(31)22-13-14-24-21(16-22)12-9-15-33-24/h6-8,10-11,13-14,16,19,23H,4-5,9,12,15,17-18H2,1-3H3,(H,28,31). The van der Waals surface area contributed by atoms with Crippen molar-refractivity contribution in [2.75, 3.05) is 13.2 Å². The molecule has 0 aromatic heterocycles. The van der Waals surface area contributed by atoms with Crippen molar-refractivity contribution >= 4 is 17.8 Å². The Hall–Kier alpha value is -3.35. The number of hydrogen-bond acceptors (Lipinski definition) is 5. The molecular weight excluding hydrogens is 432 g/mol. The third kappa shape index (κ3) is 6.37. The number of carbonyl (C=O) groups excluding carboxylic acids is 3. The quantitative estimate of drug-likeness (QED) is 0.537. The van der Waals surface area contributed by atoms with Crippen molar-refractivity contribution in [3.05, 3.63) is 65.2 Å². The highest BCUT2D eigenvalue weighted by Gasteiger charge is 2.32. The summed E-state index contributed by atoms with van der Waals surface area (Å²) in [5.74, 6) is -0.277. The molecule has 3 rings (SSSR count). The van der Waals surface area contributed by atoms with E-state index < -0.39 is 12.0 Å². The monoisotopic (exact) mass is 466 g/mol. The molecule has 1 heterocycles. The molecule has 0 fully saturated rings. The summed E-state index contributed by atoms with van der Waals surface area (Å²) in [6.45, 7) is 6.35. The van der Waals surface area contributed by atoms with Crippen LogP contribution in [-0.2, 0) is 27.4 Å². The maximum atomic E-state index is 13.2. The molecule has 34 heavy (non-hydrogen) atoms. The normalized spacial score (nSPS) is 14.2. The van der Waals surface area contributed by atoms with E-state index in [1.54, 1.807) is 17.0 Å². The van der Waals surface area contributed by atoms with Gasteiger partial charge in [0, 0.05) is 11.6 Å². The van der Waals surface area contributed by atoms with Gasteiger partial charge in [0.1, 0.15) is 18.4 Å². The maximum absolute atomic E-state index is 13.2. The fraction of sp³-hybridized carbons (Fsp3) is 0.444. The number of aryl methyl sites for hydroxylation is 1. The van der Waals surface area contributed by atoms with Crippen molar-refractivity contribution in [2.24, 2.45) is 0 Å². The number of esters is 1. The Balaban J connectivity index is 1.64. The largest absolute Gasteiger partial charge is 0.493 e. The minimum absolute atomic E-state index is 0.150. The molecule has 2 unspecified atom stereocenters. The van der Waals surface area contributed by atoms with Gasteiger partial charge in [-0.15, -0.1) is 0 Å². The van der Waals surface area contributed by atoms with E-state index >= 15 is 0 Å². The molecule has 0 spiro atoms. The minimum Gasteiger partial charge on any atom is -0.493 e. The summed E-state index contributed by atoms with van der Waals surface area (Å²) in [6, 6.07) is 13.8. The summed E-state index contributed by atoms with van der Waals surface area (Å²) < 4.78 is 11.1. The average molecular weight is 467 g/mol. The molecule has 1 aliphatic heterocycles. The van der Waals surface area contributed by atoms with Gasteiger partial charge in [0.15, 0.2) is 0 Å². The lowest BCUT2D eigenvalue weighted by Crippen LogP contribution is -2.53. The number of amides is 2. The Kier molecular flexibility index (Phi) is 9.08. The van der Waals surface area contributed by atoms with Crippen LogP contribution in [0.2, 0.25) is 0 Å². The smallest absolute Gasteiger partial charge is 0.329 e. The molecule has 0 saturated carbocycles. The van der Waals surface area contributed by atoms with Gasteiger partial charge in [-0.1, -0.05) is 44.2 Å². The lowest BCUT2D eigenvalue weighted by Gasteiger charge is -2.34. The molecule has 1 aliphatic rings. The number of fused-ring (bicyclic) bond motifs is 1.